The van der Waals surface area contributed by atoms with Crippen LogP contribution >= 0.6 is 0 Å². The minimum Gasteiger partial charge on any atom is -0.508 e. The van der Waals surface area contributed by atoms with E-state index in [1.165, 1.54) is 0 Å². The summed E-state index contributed by atoms with van der Waals surface area (Å²) in [6, 6.07) is 2.46. The van der Waals surface area contributed by atoms with Gasteiger partial charge in [-0.2, -0.15) is 13.2 Å². The van der Waals surface area contributed by atoms with Crippen molar-refractivity contribution >= 4 is 0 Å². The summed E-state index contributed by atoms with van der Waals surface area (Å²) in [7, 11) is 0. The molecule has 1 aromatic carbocycles. The highest BCUT2D eigenvalue weighted by atomic mass is 19.4. The quantitative estimate of drug-likeness (QED) is 0.658. The molecule has 0 aliphatic heterocycles. The largest absolute Gasteiger partial charge is 0.508 e. The molecule has 2 unspecified atom stereocenters. The number of aliphatic hydroxyl groups excluding tert-OH is 2. The van der Waals surface area contributed by atoms with E-state index in [1.54, 1.807) is 0 Å². The molecule has 0 aliphatic rings. The maximum Gasteiger partial charge on any atom is 0.416 e. The second kappa shape index (κ2) is 5.55. The van der Waals surface area contributed by atoms with Crippen LogP contribution in [0.15, 0.2) is 18.2 Å². The molecule has 18 heavy (non-hydrogen) atoms. The first-order valence-electron chi connectivity index (χ1n) is 5.23. The topological polar surface area (TPSA) is 86.7 Å². The lowest BCUT2D eigenvalue weighted by atomic mass is 9.96. The van der Waals surface area contributed by atoms with Gasteiger partial charge in [0.2, 0.25) is 0 Å². The molecule has 0 fully saturated rings. The van der Waals surface area contributed by atoms with E-state index in [0.717, 1.165) is 12.1 Å². The van der Waals surface area contributed by atoms with Crippen molar-refractivity contribution in [2.75, 3.05) is 6.54 Å². The molecule has 0 amide bonds. The van der Waals surface area contributed by atoms with Crippen LogP contribution in [-0.4, -0.2) is 28.0 Å². The standard InChI is InChI=1S/C11H14F3NO3/c12-11(13,14)8-5-6(16)1-2-7(8)10(18)9(17)3-4-15/h1-2,5,9-10,16-18H,3-4,15H2. The van der Waals surface area contributed by atoms with Gasteiger partial charge in [-0.25, -0.2) is 0 Å². The number of aliphatic hydroxyl groups is 2. The van der Waals surface area contributed by atoms with Crippen LogP contribution < -0.4 is 5.73 Å². The summed E-state index contributed by atoms with van der Waals surface area (Å²) in [6.45, 7) is 0.0393. The van der Waals surface area contributed by atoms with Crippen molar-refractivity contribution < 1.29 is 28.5 Å². The van der Waals surface area contributed by atoms with Crippen molar-refractivity contribution in [1.82, 2.24) is 0 Å². The SMILES string of the molecule is NCCC(O)C(O)c1ccc(O)cc1C(F)(F)F. The Hall–Kier alpha value is -1.31. The van der Waals surface area contributed by atoms with E-state index in [2.05, 4.69) is 0 Å². The first-order valence-corrected chi connectivity index (χ1v) is 5.23. The number of benzene rings is 1. The van der Waals surface area contributed by atoms with Crippen LogP contribution in [0.3, 0.4) is 0 Å². The monoisotopic (exact) mass is 265 g/mol. The summed E-state index contributed by atoms with van der Waals surface area (Å²) < 4.78 is 38.1. The first-order chi connectivity index (χ1) is 8.27. The highest BCUT2D eigenvalue weighted by Gasteiger charge is 2.36. The van der Waals surface area contributed by atoms with E-state index in [9.17, 15) is 23.4 Å². The number of halogens is 3. The fourth-order valence-corrected chi connectivity index (χ4v) is 1.58. The van der Waals surface area contributed by atoms with Crippen LogP contribution in [-0.2, 0) is 6.18 Å². The molecular weight excluding hydrogens is 251 g/mol. The van der Waals surface area contributed by atoms with Crippen molar-refractivity contribution in [2.24, 2.45) is 5.73 Å². The number of nitrogens with two attached hydrogens (primary N) is 1. The zero-order valence-corrected chi connectivity index (χ0v) is 9.35. The summed E-state index contributed by atoms with van der Waals surface area (Å²) in [5.41, 5.74) is 3.50. The Morgan fingerprint density at radius 1 is 1.22 bits per heavy atom. The Labute approximate surface area is 101 Å². The normalized spacial score (nSPS) is 15.4. The second-order valence-corrected chi connectivity index (χ2v) is 3.86. The summed E-state index contributed by atoms with van der Waals surface area (Å²) in [5.74, 6) is -0.563. The molecule has 0 aromatic heterocycles. The minimum atomic E-state index is -4.72. The lowest BCUT2D eigenvalue weighted by Gasteiger charge is -2.21. The van der Waals surface area contributed by atoms with Gasteiger partial charge in [-0.05, 0) is 30.7 Å². The van der Waals surface area contributed by atoms with Crippen LogP contribution in [0.4, 0.5) is 13.2 Å². The van der Waals surface area contributed by atoms with Gasteiger partial charge in [0, 0.05) is 0 Å². The molecule has 0 bridgehead atoms. The summed E-state index contributed by atoms with van der Waals surface area (Å²) >= 11 is 0. The van der Waals surface area contributed by atoms with Crippen LogP contribution in [0.25, 0.3) is 0 Å². The van der Waals surface area contributed by atoms with Crippen LogP contribution in [0.1, 0.15) is 23.7 Å². The molecule has 0 aliphatic carbocycles. The third-order valence-electron chi connectivity index (χ3n) is 2.49. The van der Waals surface area contributed by atoms with Crippen LogP contribution in [0.5, 0.6) is 5.75 Å². The number of phenols is 1. The number of hydrogen-bond donors (Lipinski definition) is 4. The Morgan fingerprint density at radius 3 is 2.33 bits per heavy atom. The molecule has 1 aromatic rings. The molecule has 5 N–H and O–H groups in total. The number of alkyl halides is 3. The molecule has 0 saturated carbocycles. The first kappa shape index (κ1) is 14.7. The van der Waals surface area contributed by atoms with E-state index in [-0.39, 0.29) is 13.0 Å². The minimum absolute atomic E-state index is 0.0284. The Balaban J connectivity index is 3.15. The lowest BCUT2D eigenvalue weighted by molar-refractivity contribution is -0.140. The third kappa shape index (κ3) is 3.34. The second-order valence-electron chi connectivity index (χ2n) is 3.86. The number of aromatic hydroxyl groups is 1. The molecule has 7 heteroatoms. The zero-order valence-electron chi connectivity index (χ0n) is 9.35. The molecule has 2 atom stereocenters. The van der Waals surface area contributed by atoms with Gasteiger partial charge in [0.1, 0.15) is 11.9 Å². The maximum atomic E-state index is 12.7. The van der Waals surface area contributed by atoms with E-state index in [4.69, 9.17) is 10.8 Å². The lowest BCUT2D eigenvalue weighted by Crippen LogP contribution is -2.24. The summed E-state index contributed by atoms with van der Waals surface area (Å²) in [5, 5.41) is 28.2. The van der Waals surface area contributed by atoms with Gasteiger partial charge in [-0.15, -0.1) is 0 Å². The van der Waals surface area contributed by atoms with Crippen LogP contribution in [0.2, 0.25) is 0 Å². The Bertz CT molecular complexity index is 409. The predicted molar refractivity (Wildman–Crippen MR) is 57.7 cm³/mol. The van der Waals surface area contributed by atoms with Crippen molar-refractivity contribution in [3.05, 3.63) is 29.3 Å². The van der Waals surface area contributed by atoms with Gasteiger partial charge in [0.25, 0.3) is 0 Å². The van der Waals surface area contributed by atoms with Gasteiger partial charge in [0.05, 0.1) is 11.7 Å². The molecule has 0 radical (unpaired) electrons. The highest BCUT2D eigenvalue weighted by molar-refractivity contribution is 5.38. The molecule has 4 nitrogen and oxygen atoms in total. The zero-order chi connectivity index (χ0) is 13.9. The Morgan fingerprint density at radius 2 is 1.83 bits per heavy atom. The van der Waals surface area contributed by atoms with E-state index in [0.29, 0.717) is 6.07 Å². The van der Waals surface area contributed by atoms with E-state index in [1.807, 2.05) is 0 Å². The molecule has 0 saturated heterocycles. The molecule has 0 heterocycles. The third-order valence-corrected chi connectivity index (χ3v) is 2.49. The predicted octanol–water partition coefficient (Wildman–Crippen LogP) is 1.15. The van der Waals surface area contributed by atoms with Gasteiger partial charge in [0.15, 0.2) is 0 Å². The maximum absolute atomic E-state index is 12.7. The number of rotatable bonds is 4. The van der Waals surface area contributed by atoms with Gasteiger partial charge < -0.3 is 21.1 Å². The van der Waals surface area contributed by atoms with Crippen molar-refractivity contribution in [3.63, 3.8) is 0 Å². The summed E-state index contributed by atoms with van der Waals surface area (Å²) in [4.78, 5) is 0. The molecule has 1 rings (SSSR count). The van der Waals surface area contributed by atoms with Crippen molar-refractivity contribution in [1.29, 1.82) is 0 Å². The molecule has 102 valence electrons. The number of hydrogen-bond acceptors (Lipinski definition) is 4. The Kier molecular flexibility index (Phi) is 4.55. The van der Waals surface area contributed by atoms with Gasteiger partial charge in [-0.3, -0.25) is 0 Å². The fraction of sp³-hybridized carbons (Fsp3) is 0.455. The van der Waals surface area contributed by atoms with Crippen molar-refractivity contribution in [2.45, 2.75) is 24.8 Å². The average molecular weight is 265 g/mol. The van der Waals surface area contributed by atoms with E-state index < -0.39 is 35.3 Å². The smallest absolute Gasteiger partial charge is 0.416 e. The average Bonchev–Trinajstić information content (AvgIpc) is 2.27. The van der Waals surface area contributed by atoms with Gasteiger partial charge >= 0.3 is 6.18 Å². The van der Waals surface area contributed by atoms with Crippen LogP contribution in [0, 0.1) is 0 Å². The van der Waals surface area contributed by atoms with Crippen molar-refractivity contribution in [3.8, 4) is 5.75 Å². The number of phenolic OH excluding ortho intramolecular Hbond substituents is 1. The fourth-order valence-electron chi connectivity index (χ4n) is 1.58. The summed E-state index contributed by atoms with van der Waals surface area (Å²) in [6.07, 6.45) is -7.84. The molecular formula is C11H14F3NO3. The van der Waals surface area contributed by atoms with Gasteiger partial charge in [-0.1, -0.05) is 6.07 Å². The highest BCUT2D eigenvalue weighted by Crippen LogP contribution is 2.37. The van der Waals surface area contributed by atoms with E-state index >= 15 is 0 Å². The molecule has 0 spiro atoms.